The van der Waals surface area contributed by atoms with Crippen LogP contribution in [0.4, 0.5) is 5.69 Å². The van der Waals surface area contributed by atoms with E-state index in [1.54, 1.807) is 42.5 Å². The molecule has 15 heteroatoms. The smallest absolute Gasteiger partial charge is 0.243 e. The Morgan fingerprint density at radius 2 is 1.68 bits per heavy atom. The lowest BCUT2D eigenvalue weighted by molar-refractivity contribution is -0.250. The van der Waals surface area contributed by atoms with Crippen molar-refractivity contribution >= 4 is 33.6 Å². The molecule has 0 bridgehead atoms. The predicted octanol–water partition coefficient (Wildman–Crippen LogP) is 8.41. The van der Waals surface area contributed by atoms with E-state index in [0.29, 0.717) is 71.9 Å². The second-order valence-electron chi connectivity index (χ2n) is 16.9. The van der Waals surface area contributed by atoms with Crippen molar-refractivity contribution in [3.05, 3.63) is 132 Å². The van der Waals surface area contributed by atoms with Crippen LogP contribution in [-0.2, 0) is 31.0 Å². The molecule has 7 rings (SSSR count). The number of hydrogen-bond donors (Lipinski definition) is 3. The second-order valence-corrected chi connectivity index (χ2v) is 18.9. The third-order valence-electron chi connectivity index (χ3n) is 12.7. The number of oxime groups is 1. The molecule has 0 unspecified atom stereocenters. The number of aliphatic hydroxyl groups is 2. The van der Waals surface area contributed by atoms with Gasteiger partial charge >= 0.3 is 0 Å². The topological polar surface area (TPSA) is 183 Å². The van der Waals surface area contributed by atoms with Crippen LogP contribution in [0.2, 0.25) is 0 Å². The number of nitrogens with zero attached hydrogens (tertiary/aromatic N) is 2. The number of sulfonamides is 1. The van der Waals surface area contributed by atoms with Gasteiger partial charge in [-0.25, -0.2) is 8.42 Å². The number of carbonyl (C=O) groups is 2. The normalized spacial score (nSPS) is 22.6. The molecule has 14 nitrogen and oxygen atoms in total. The van der Waals surface area contributed by atoms with E-state index in [1.165, 1.54) is 37.5 Å². The second kappa shape index (κ2) is 21.6. The molecular formula is C51H59N3O11S. The van der Waals surface area contributed by atoms with E-state index < -0.39 is 27.8 Å². The summed E-state index contributed by atoms with van der Waals surface area (Å²) in [4.78, 5) is 29.9. The highest BCUT2D eigenvalue weighted by Crippen LogP contribution is 2.62. The average molecular weight is 922 g/mol. The number of rotatable bonds is 22. The van der Waals surface area contributed by atoms with E-state index in [1.807, 2.05) is 42.5 Å². The lowest BCUT2D eigenvalue weighted by atomic mass is 9.55. The number of amides is 1. The molecule has 1 aliphatic heterocycles. The highest BCUT2D eigenvalue weighted by atomic mass is 32.2. The van der Waals surface area contributed by atoms with Crippen LogP contribution in [0.25, 0.3) is 0 Å². The minimum atomic E-state index is -4.28. The summed E-state index contributed by atoms with van der Waals surface area (Å²) in [6, 6.07) is 25.1. The number of anilines is 1. The van der Waals surface area contributed by atoms with Crippen molar-refractivity contribution in [3.8, 4) is 23.0 Å². The van der Waals surface area contributed by atoms with Gasteiger partial charge in [0, 0.05) is 50.8 Å². The van der Waals surface area contributed by atoms with E-state index in [9.17, 15) is 28.2 Å². The largest absolute Gasteiger partial charge is 0.496 e. The average Bonchev–Trinajstić information content (AvgIpc) is 3.32. The molecule has 1 saturated carbocycles. The number of carbonyl (C=O) groups excluding carboxylic acids is 2. The number of unbranched alkanes of at least 4 members (excludes halogenated alkanes) is 2. The highest BCUT2D eigenvalue weighted by molar-refractivity contribution is 7.89. The van der Waals surface area contributed by atoms with Crippen LogP contribution in [0.1, 0.15) is 79.3 Å². The number of nitrogens with one attached hydrogen (secondary N) is 1. The summed E-state index contributed by atoms with van der Waals surface area (Å²) in [7, 11) is -1.27. The summed E-state index contributed by atoms with van der Waals surface area (Å²) in [5.74, 6) is -1.28. The third-order valence-corrected chi connectivity index (χ3v) is 14.6. The standard InChI is InChI=1S/C51H59N3O11S/c1-5-27-62-51-48(54(3)66(59,60)41-21-17-38(18-22-41)52-34(2)58)31-45(53-63-33-35-13-7-6-8-14-35)43-29-36(15-9-11-25-55)42(16-10-12-26-56)49(50(43)51)44-30-40(20-24-47(44)65-51)64-39-19-23-46(61-4)37(28-39)32-57/h5-8,13-14,17-24,28-30,32,36,42,48-50,55-56H,1,9-12,15-16,25-27,31,33H2,2-4H3,(H,52,58)/t36-,42+,48-,49+,50+,51+/m0/s1. The molecule has 0 saturated heterocycles. The molecule has 0 radical (unpaired) electrons. The van der Waals surface area contributed by atoms with Gasteiger partial charge in [-0.05, 0) is 109 Å². The fraction of sp³-hybridized carbons (Fsp3) is 0.392. The zero-order chi connectivity index (χ0) is 46.8. The van der Waals surface area contributed by atoms with E-state index in [2.05, 4.69) is 18.0 Å². The summed E-state index contributed by atoms with van der Waals surface area (Å²) in [5.41, 5.74) is 3.86. The van der Waals surface area contributed by atoms with Gasteiger partial charge in [0.2, 0.25) is 21.7 Å². The maximum absolute atomic E-state index is 14.9. The Morgan fingerprint density at radius 1 is 0.970 bits per heavy atom. The van der Waals surface area contributed by atoms with Crippen LogP contribution >= 0.6 is 0 Å². The van der Waals surface area contributed by atoms with E-state index in [4.69, 9.17) is 28.9 Å². The Kier molecular flexibility index (Phi) is 15.8. The van der Waals surface area contributed by atoms with Gasteiger partial charge < -0.3 is 39.3 Å². The number of aldehydes is 1. The van der Waals surface area contributed by atoms with Crippen molar-refractivity contribution in [2.75, 3.05) is 39.3 Å². The van der Waals surface area contributed by atoms with Crippen LogP contribution in [0.15, 0.2) is 125 Å². The first-order valence-electron chi connectivity index (χ1n) is 22.4. The van der Waals surface area contributed by atoms with Crippen molar-refractivity contribution in [2.24, 2.45) is 22.9 Å². The molecule has 4 aromatic carbocycles. The zero-order valence-electron chi connectivity index (χ0n) is 37.6. The van der Waals surface area contributed by atoms with Crippen LogP contribution in [0, 0.1) is 17.8 Å². The van der Waals surface area contributed by atoms with E-state index in [0.717, 1.165) is 29.5 Å². The summed E-state index contributed by atoms with van der Waals surface area (Å²) in [6.07, 6.45) is 8.71. The number of aliphatic hydroxyl groups excluding tert-OH is 2. The number of benzene rings is 4. The van der Waals surface area contributed by atoms with Crippen LogP contribution < -0.4 is 19.5 Å². The van der Waals surface area contributed by atoms with Crippen molar-refractivity contribution in [1.29, 1.82) is 0 Å². The molecule has 1 fully saturated rings. The molecule has 66 heavy (non-hydrogen) atoms. The fourth-order valence-electron chi connectivity index (χ4n) is 9.78. The molecule has 1 heterocycles. The molecule has 0 aromatic heterocycles. The lowest BCUT2D eigenvalue weighted by Gasteiger charge is -2.59. The van der Waals surface area contributed by atoms with Gasteiger partial charge in [0.15, 0.2) is 6.29 Å². The maximum Gasteiger partial charge on any atom is 0.243 e. The first-order valence-corrected chi connectivity index (χ1v) is 23.8. The van der Waals surface area contributed by atoms with Crippen molar-refractivity contribution < 1.29 is 52.0 Å². The molecule has 350 valence electrons. The van der Waals surface area contributed by atoms with Crippen LogP contribution in [0.5, 0.6) is 23.0 Å². The highest BCUT2D eigenvalue weighted by Gasteiger charge is 2.65. The summed E-state index contributed by atoms with van der Waals surface area (Å²) in [5, 5.41) is 27.5. The lowest BCUT2D eigenvalue weighted by Crippen LogP contribution is -2.69. The number of allylic oxidation sites excluding steroid dienone is 1. The molecular weight excluding hydrogens is 863 g/mol. The van der Waals surface area contributed by atoms with Crippen molar-refractivity contribution in [1.82, 2.24) is 4.31 Å². The minimum absolute atomic E-state index is 0.00146. The fourth-order valence-corrected chi connectivity index (χ4v) is 11.1. The number of fused-ring (bicyclic) bond motifs is 2. The number of ether oxygens (including phenoxy) is 4. The molecule has 1 amide bonds. The Bertz CT molecular complexity index is 2510. The van der Waals surface area contributed by atoms with E-state index >= 15 is 0 Å². The van der Waals surface area contributed by atoms with E-state index in [-0.39, 0.29) is 61.4 Å². The SMILES string of the molecule is C=CCO[C@@]12Oc3ccc(Oc4ccc(OC)c(C=O)c4)cc3[C@H]3[C@H](CCCCO)[C@@H](CCCCO)C=C(C(=NOCc4ccccc4)C[C@@H]1N(C)S(=O)(=O)c1ccc(NC(C)=O)cc1)[C@H]32. The number of likely N-dealkylation sites (N-methyl/N-ethyl adjacent to an activating group) is 1. The van der Waals surface area contributed by atoms with Crippen molar-refractivity contribution in [3.63, 3.8) is 0 Å². The van der Waals surface area contributed by atoms with Gasteiger partial charge in [0.25, 0.3) is 0 Å². The van der Waals surface area contributed by atoms with Gasteiger partial charge in [-0.2, -0.15) is 4.31 Å². The quantitative estimate of drug-likeness (QED) is 0.0298. The number of methoxy groups -OCH3 is 1. The molecule has 3 N–H and O–H groups in total. The Labute approximate surface area is 386 Å². The van der Waals surface area contributed by atoms with Gasteiger partial charge in [0.1, 0.15) is 29.6 Å². The summed E-state index contributed by atoms with van der Waals surface area (Å²) < 4.78 is 57.2. The van der Waals surface area contributed by atoms with Crippen LogP contribution in [0.3, 0.4) is 0 Å². The van der Waals surface area contributed by atoms with Gasteiger partial charge in [-0.3, -0.25) is 9.59 Å². The maximum atomic E-state index is 14.9. The predicted molar refractivity (Wildman–Crippen MR) is 250 cm³/mol. The molecule has 0 spiro atoms. The third kappa shape index (κ3) is 10.2. The molecule has 3 aliphatic rings. The Hall–Kier alpha value is -5.84. The molecule has 4 aromatic rings. The minimum Gasteiger partial charge on any atom is -0.496 e. The van der Waals surface area contributed by atoms with Crippen molar-refractivity contribution in [2.45, 2.75) is 81.1 Å². The Morgan fingerprint density at radius 3 is 2.36 bits per heavy atom. The first kappa shape index (κ1) is 48.1. The van der Waals surface area contributed by atoms with Gasteiger partial charge in [0.05, 0.1) is 41.8 Å². The zero-order valence-corrected chi connectivity index (χ0v) is 38.5. The first-order chi connectivity index (χ1) is 32.0. The van der Waals surface area contributed by atoms with Crippen LogP contribution in [-0.4, -0.2) is 86.6 Å². The summed E-state index contributed by atoms with van der Waals surface area (Å²) >= 11 is 0. The monoisotopic (exact) mass is 921 g/mol. The molecule has 6 atom stereocenters. The molecule has 2 aliphatic carbocycles. The van der Waals surface area contributed by atoms with Gasteiger partial charge in [-0.15, -0.1) is 6.58 Å². The Balaban J connectivity index is 1.43. The number of hydrogen-bond acceptors (Lipinski definition) is 12. The van der Waals surface area contributed by atoms with Gasteiger partial charge in [-0.1, -0.05) is 60.5 Å². The summed E-state index contributed by atoms with van der Waals surface area (Å²) in [6.45, 7) is 5.62.